The third-order valence-electron chi connectivity index (χ3n) is 4.85. The first kappa shape index (κ1) is 13.4. The number of nitro benzene ring substituents is 1. The third kappa shape index (κ3) is 2.38. The molecule has 5 heteroatoms. The van der Waals surface area contributed by atoms with Gasteiger partial charge in [-0.25, -0.2) is 0 Å². The van der Waals surface area contributed by atoms with Crippen LogP contribution in [0.2, 0.25) is 0 Å². The van der Waals surface area contributed by atoms with Crippen LogP contribution in [-0.2, 0) is 6.54 Å². The van der Waals surface area contributed by atoms with Gasteiger partial charge in [0.2, 0.25) is 0 Å². The lowest BCUT2D eigenvalue weighted by atomic mass is 9.91. The number of rotatable bonds is 3. The molecule has 1 aromatic rings. The van der Waals surface area contributed by atoms with Crippen molar-refractivity contribution in [1.29, 1.82) is 0 Å². The van der Waals surface area contributed by atoms with Crippen molar-refractivity contribution >= 4 is 11.4 Å². The Balaban J connectivity index is 1.80. The van der Waals surface area contributed by atoms with Gasteiger partial charge in [-0.2, -0.15) is 0 Å². The lowest BCUT2D eigenvalue weighted by Crippen LogP contribution is -2.42. The van der Waals surface area contributed by atoms with Crippen molar-refractivity contribution in [1.82, 2.24) is 4.90 Å². The Kier molecular flexibility index (Phi) is 3.61. The molecular formula is C15H21N3O2. The van der Waals surface area contributed by atoms with E-state index in [1.807, 2.05) is 6.07 Å². The van der Waals surface area contributed by atoms with Crippen LogP contribution in [0, 0.1) is 16.0 Å². The number of fused-ring (bicyclic) bond motifs is 1. The normalized spacial score (nSPS) is 26.4. The first-order chi connectivity index (χ1) is 9.66. The van der Waals surface area contributed by atoms with Crippen LogP contribution in [-0.4, -0.2) is 22.4 Å². The van der Waals surface area contributed by atoms with Crippen molar-refractivity contribution in [2.75, 3.05) is 12.3 Å². The van der Waals surface area contributed by atoms with Crippen molar-refractivity contribution in [3.63, 3.8) is 0 Å². The Morgan fingerprint density at radius 1 is 1.30 bits per heavy atom. The number of likely N-dealkylation sites (tertiary alicyclic amines) is 1. The minimum absolute atomic E-state index is 0.0301. The van der Waals surface area contributed by atoms with Gasteiger partial charge in [-0.3, -0.25) is 15.0 Å². The van der Waals surface area contributed by atoms with E-state index in [9.17, 15) is 10.1 Å². The summed E-state index contributed by atoms with van der Waals surface area (Å²) in [5.74, 6) is 0.823. The van der Waals surface area contributed by atoms with Gasteiger partial charge in [0, 0.05) is 18.7 Å². The van der Waals surface area contributed by atoms with Gasteiger partial charge in [0.05, 0.1) is 4.92 Å². The number of nitrogens with zero attached hydrogens (tertiary/aromatic N) is 2. The molecule has 0 bridgehead atoms. The SMILES string of the molecule is Nc1c(CN2CCCC3CCCC32)cccc1[N+](=O)[O-]. The molecule has 1 aliphatic heterocycles. The van der Waals surface area contributed by atoms with Crippen LogP contribution in [0.1, 0.15) is 37.7 Å². The summed E-state index contributed by atoms with van der Waals surface area (Å²) in [6.07, 6.45) is 6.49. The number of anilines is 1. The fourth-order valence-electron chi connectivity index (χ4n) is 3.87. The molecule has 5 nitrogen and oxygen atoms in total. The molecule has 1 saturated heterocycles. The molecule has 2 unspecified atom stereocenters. The maximum Gasteiger partial charge on any atom is 0.292 e. The van der Waals surface area contributed by atoms with E-state index in [-0.39, 0.29) is 5.69 Å². The lowest BCUT2D eigenvalue weighted by Gasteiger charge is -2.38. The summed E-state index contributed by atoms with van der Waals surface area (Å²) in [4.78, 5) is 13.0. The highest BCUT2D eigenvalue weighted by atomic mass is 16.6. The summed E-state index contributed by atoms with van der Waals surface area (Å²) < 4.78 is 0. The molecule has 0 amide bonds. The van der Waals surface area contributed by atoms with Crippen molar-refractivity contribution in [3.05, 3.63) is 33.9 Å². The first-order valence-corrected chi connectivity index (χ1v) is 7.42. The smallest absolute Gasteiger partial charge is 0.292 e. The molecule has 108 valence electrons. The topological polar surface area (TPSA) is 72.4 Å². The van der Waals surface area contributed by atoms with Crippen LogP contribution in [0.15, 0.2) is 18.2 Å². The molecule has 3 rings (SSSR count). The highest BCUT2D eigenvalue weighted by Gasteiger charge is 2.35. The quantitative estimate of drug-likeness (QED) is 0.523. The second-order valence-electron chi connectivity index (χ2n) is 5.98. The largest absolute Gasteiger partial charge is 0.393 e. The second-order valence-corrected chi connectivity index (χ2v) is 5.98. The number of hydrogen-bond donors (Lipinski definition) is 1. The monoisotopic (exact) mass is 275 g/mol. The van der Waals surface area contributed by atoms with Crippen molar-refractivity contribution in [2.24, 2.45) is 5.92 Å². The van der Waals surface area contributed by atoms with Gasteiger partial charge in [0.25, 0.3) is 5.69 Å². The zero-order valence-electron chi connectivity index (χ0n) is 11.6. The number of para-hydroxylation sites is 1. The van der Waals surface area contributed by atoms with E-state index >= 15 is 0 Å². The third-order valence-corrected chi connectivity index (χ3v) is 4.85. The molecule has 20 heavy (non-hydrogen) atoms. The predicted octanol–water partition coefficient (Wildman–Crippen LogP) is 2.94. The number of nitrogen functional groups attached to an aromatic ring is 1. The molecule has 0 radical (unpaired) electrons. The molecule has 1 heterocycles. The highest BCUT2D eigenvalue weighted by molar-refractivity contribution is 5.62. The minimum Gasteiger partial charge on any atom is -0.393 e. The summed E-state index contributed by atoms with van der Waals surface area (Å²) >= 11 is 0. The van der Waals surface area contributed by atoms with Crippen LogP contribution in [0.5, 0.6) is 0 Å². The summed E-state index contributed by atoms with van der Waals surface area (Å²) in [5.41, 5.74) is 7.23. The van der Waals surface area contributed by atoms with Crippen LogP contribution in [0.3, 0.4) is 0 Å². The highest BCUT2D eigenvalue weighted by Crippen LogP contribution is 2.38. The first-order valence-electron chi connectivity index (χ1n) is 7.42. The van der Waals surface area contributed by atoms with Gasteiger partial charge < -0.3 is 5.73 Å². The van der Waals surface area contributed by atoms with Gasteiger partial charge >= 0.3 is 0 Å². The molecule has 1 saturated carbocycles. The van der Waals surface area contributed by atoms with Gasteiger partial charge in [-0.1, -0.05) is 18.6 Å². The molecule has 0 aromatic heterocycles. The molecule has 0 spiro atoms. The molecular weight excluding hydrogens is 254 g/mol. The molecule has 2 fully saturated rings. The summed E-state index contributed by atoms with van der Waals surface area (Å²) in [6.45, 7) is 1.83. The van der Waals surface area contributed by atoms with Crippen LogP contribution >= 0.6 is 0 Å². The number of benzene rings is 1. The Labute approximate surface area is 118 Å². The van der Waals surface area contributed by atoms with Gasteiger partial charge in [-0.05, 0) is 43.7 Å². The van der Waals surface area contributed by atoms with Crippen molar-refractivity contribution < 1.29 is 4.92 Å². The second kappa shape index (κ2) is 5.40. The number of nitrogens with two attached hydrogens (primary N) is 1. The van der Waals surface area contributed by atoms with Crippen molar-refractivity contribution in [3.8, 4) is 0 Å². The standard InChI is InChI=1S/C15H21N3O2/c16-15-12(5-2-8-14(15)18(19)20)10-17-9-3-6-11-4-1-7-13(11)17/h2,5,8,11,13H,1,3-4,6-7,9-10,16H2. The summed E-state index contributed by atoms with van der Waals surface area (Å²) in [7, 11) is 0. The van der Waals surface area contributed by atoms with E-state index < -0.39 is 4.92 Å². The predicted molar refractivity (Wildman–Crippen MR) is 78.3 cm³/mol. The Morgan fingerprint density at radius 3 is 2.90 bits per heavy atom. The van der Waals surface area contributed by atoms with E-state index in [0.29, 0.717) is 11.7 Å². The average molecular weight is 275 g/mol. The maximum absolute atomic E-state index is 11.0. The number of hydrogen-bond acceptors (Lipinski definition) is 4. The molecule has 1 aromatic carbocycles. The molecule has 2 aliphatic rings. The molecule has 2 N–H and O–H groups in total. The number of nitro groups is 1. The van der Waals surface area contributed by atoms with Gasteiger partial charge in [-0.15, -0.1) is 0 Å². The van der Waals surface area contributed by atoms with Gasteiger partial charge in [0.15, 0.2) is 0 Å². The lowest BCUT2D eigenvalue weighted by molar-refractivity contribution is -0.384. The minimum atomic E-state index is -0.395. The fourth-order valence-corrected chi connectivity index (χ4v) is 3.87. The zero-order chi connectivity index (χ0) is 14.1. The fraction of sp³-hybridized carbons (Fsp3) is 0.600. The zero-order valence-corrected chi connectivity index (χ0v) is 11.6. The van der Waals surface area contributed by atoms with Crippen molar-refractivity contribution in [2.45, 2.75) is 44.7 Å². The maximum atomic E-state index is 11.0. The van der Waals surface area contributed by atoms with Crippen LogP contribution < -0.4 is 5.73 Å². The Bertz CT molecular complexity index is 518. The molecule has 1 aliphatic carbocycles. The summed E-state index contributed by atoms with van der Waals surface area (Å²) in [6, 6.07) is 5.79. The van der Waals surface area contributed by atoms with E-state index in [1.165, 1.54) is 38.2 Å². The van der Waals surface area contributed by atoms with Gasteiger partial charge in [0.1, 0.15) is 5.69 Å². The average Bonchev–Trinajstić information content (AvgIpc) is 2.90. The summed E-state index contributed by atoms with van der Waals surface area (Å²) in [5, 5.41) is 11.0. The van der Waals surface area contributed by atoms with E-state index in [0.717, 1.165) is 24.6 Å². The molecule has 2 atom stereocenters. The van der Waals surface area contributed by atoms with E-state index in [2.05, 4.69) is 4.90 Å². The van der Waals surface area contributed by atoms with Crippen LogP contribution in [0.25, 0.3) is 0 Å². The Hall–Kier alpha value is -1.62. The van der Waals surface area contributed by atoms with Crippen LogP contribution in [0.4, 0.5) is 11.4 Å². The number of piperidine rings is 1. The van der Waals surface area contributed by atoms with E-state index in [1.54, 1.807) is 6.07 Å². The van der Waals surface area contributed by atoms with E-state index in [4.69, 9.17) is 5.73 Å². The Morgan fingerprint density at radius 2 is 2.10 bits per heavy atom.